The second-order valence-electron chi connectivity index (χ2n) is 3.82. The molecule has 3 radical (unpaired) electrons. The summed E-state index contributed by atoms with van der Waals surface area (Å²) in [5.74, 6) is 0. The van der Waals surface area contributed by atoms with E-state index in [1.807, 2.05) is 0 Å². The van der Waals surface area contributed by atoms with Gasteiger partial charge < -0.3 is 4.43 Å². The molecule has 0 aliphatic carbocycles. The van der Waals surface area contributed by atoms with Crippen molar-refractivity contribution in [3.63, 3.8) is 0 Å². The average Bonchev–Trinajstić information content (AvgIpc) is 2.29. The van der Waals surface area contributed by atoms with Gasteiger partial charge in [0.1, 0.15) is 0 Å². The van der Waals surface area contributed by atoms with Crippen LogP contribution in [0.15, 0.2) is 24.3 Å². The van der Waals surface area contributed by atoms with Crippen molar-refractivity contribution in [3.05, 3.63) is 35.4 Å². The standard InChI is InChI=1S/C13H19OSi/c1-3-5-8-11-9-6-7-10-12(11)13(4-2)14-15/h6-7,9-10,13H,3-5,8H2,1-2H3. The average molecular weight is 219 g/mol. The van der Waals surface area contributed by atoms with Gasteiger partial charge in [0.05, 0.1) is 6.10 Å². The van der Waals surface area contributed by atoms with Crippen LogP contribution < -0.4 is 0 Å². The quantitative estimate of drug-likeness (QED) is 0.665. The van der Waals surface area contributed by atoms with Crippen molar-refractivity contribution < 1.29 is 4.43 Å². The maximum atomic E-state index is 5.31. The third-order valence-corrected chi connectivity index (χ3v) is 3.00. The fourth-order valence-corrected chi connectivity index (χ4v) is 2.10. The lowest BCUT2D eigenvalue weighted by atomic mass is 9.97. The number of hydrogen-bond acceptors (Lipinski definition) is 1. The number of rotatable bonds is 6. The SMILES string of the molecule is CCCCc1ccccc1C(CC)O[Si]. The molecule has 0 bridgehead atoms. The van der Waals surface area contributed by atoms with Crippen LogP contribution in [-0.4, -0.2) is 10.5 Å². The maximum Gasteiger partial charge on any atom is 0.247 e. The number of unbranched alkanes of at least 4 members (excludes halogenated alkanes) is 1. The molecule has 0 aliphatic rings. The van der Waals surface area contributed by atoms with Gasteiger partial charge in [0.15, 0.2) is 0 Å². The predicted octanol–water partition coefficient (Wildman–Crippen LogP) is 3.58. The summed E-state index contributed by atoms with van der Waals surface area (Å²) in [6.45, 7) is 4.36. The van der Waals surface area contributed by atoms with Crippen LogP contribution >= 0.6 is 0 Å². The number of benzene rings is 1. The molecule has 0 aromatic heterocycles. The van der Waals surface area contributed by atoms with Crippen molar-refractivity contribution in [1.82, 2.24) is 0 Å². The van der Waals surface area contributed by atoms with Crippen LogP contribution in [-0.2, 0) is 10.8 Å². The zero-order chi connectivity index (χ0) is 11.1. The Morgan fingerprint density at radius 1 is 1.27 bits per heavy atom. The van der Waals surface area contributed by atoms with Gasteiger partial charge in [-0.25, -0.2) is 0 Å². The molecule has 1 aromatic rings. The maximum absolute atomic E-state index is 5.31. The van der Waals surface area contributed by atoms with Crippen molar-refractivity contribution in [2.45, 2.75) is 45.6 Å². The largest absolute Gasteiger partial charge is 0.412 e. The molecule has 0 aliphatic heterocycles. The third kappa shape index (κ3) is 3.47. The summed E-state index contributed by atoms with van der Waals surface area (Å²) in [6.07, 6.45) is 4.80. The van der Waals surface area contributed by atoms with Gasteiger partial charge in [-0.3, -0.25) is 0 Å². The van der Waals surface area contributed by atoms with Crippen LogP contribution in [0.3, 0.4) is 0 Å². The highest BCUT2D eigenvalue weighted by Gasteiger charge is 2.11. The van der Waals surface area contributed by atoms with E-state index in [0.717, 1.165) is 12.8 Å². The van der Waals surface area contributed by atoms with Crippen molar-refractivity contribution in [3.8, 4) is 0 Å². The van der Waals surface area contributed by atoms with Gasteiger partial charge in [0.2, 0.25) is 10.5 Å². The van der Waals surface area contributed by atoms with Crippen molar-refractivity contribution in [2.24, 2.45) is 0 Å². The summed E-state index contributed by atoms with van der Waals surface area (Å²) >= 11 is 0. The molecule has 0 saturated carbocycles. The lowest BCUT2D eigenvalue weighted by molar-refractivity contribution is 0.221. The lowest BCUT2D eigenvalue weighted by Crippen LogP contribution is -2.04. The van der Waals surface area contributed by atoms with Crippen LogP contribution in [0.25, 0.3) is 0 Å². The van der Waals surface area contributed by atoms with E-state index in [-0.39, 0.29) is 6.10 Å². The van der Waals surface area contributed by atoms with Crippen LogP contribution in [0.1, 0.15) is 50.3 Å². The summed E-state index contributed by atoms with van der Waals surface area (Å²) in [5.41, 5.74) is 2.74. The molecule has 1 nitrogen and oxygen atoms in total. The molecular weight excluding hydrogens is 200 g/mol. The molecule has 1 aromatic carbocycles. The van der Waals surface area contributed by atoms with Gasteiger partial charge >= 0.3 is 0 Å². The first-order chi connectivity index (χ1) is 7.33. The highest BCUT2D eigenvalue weighted by molar-refractivity contribution is 5.98. The number of aryl methyl sites for hydroxylation is 1. The minimum atomic E-state index is 0.176. The Bertz CT molecular complexity index is 282. The first kappa shape index (κ1) is 12.5. The highest BCUT2D eigenvalue weighted by atomic mass is 28.2. The molecule has 0 N–H and O–H groups in total. The lowest BCUT2D eigenvalue weighted by Gasteiger charge is -2.17. The van der Waals surface area contributed by atoms with Gasteiger partial charge in [-0.05, 0) is 30.4 Å². The molecule has 2 heteroatoms. The Labute approximate surface area is 96.4 Å². The first-order valence-electron chi connectivity index (χ1n) is 5.73. The second kappa shape index (κ2) is 6.80. The molecular formula is C13H19OSi. The van der Waals surface area contributed by atoms with E-state index in [2.05, 4.69) is 48.6 Å². The van der Waals surface area contributed by atoms with E-state index in [0.29, 0.717) is 0 Å². The fraction of sp³-hybridized carbons (Fsp3) is 0.538. The van der Waals surface area contributed by atoms with Crippen LogP contribution in [0.4, 0.5) is 0 Å². The highest BCUT2D eigenvalue weighted by Crippen LogP contribution is 2.24. The molecule has 81 valence electrons. The Morgan fingerprint density at radius 3 is 2.60 bits per heavy atom. The monoisotopic (exact) mass is 219 g/mol. The minimum absolute atomic E-state index is 0.176. The summed E-state index contributed by atoms with van der Waals surface area (Å²) in [6, 6.07) is 8.56. The summed E-state index contributed by atoms with van der Waals surface area (Å²) in [4.78, 5) is 0. The van der Waals surface area contributed by atoms with E-state index < -0.39 is 0 Å². The Kier molecular flexibility index (Phi) is 5.65. The Balaban J connectivity index is 2.84. The zero-order valence-electron chi connectivity index (χ0n) is 9.62. The smallest absolute Gasteiger partial charge is 0.247 e. The van der Waals surface area contributed by atoms with Crippen LogP contribution in [0.5, 0.6) is 0 Å². The van der Waals surface area contributed by atoms with Gasteiger partial charge in [0.25, 0.3) is 0 Å². The molecule has 15 heavy (non-hydrogen) atoms. The normalized spacial score (nSPS) is 12.7. The van der Waals surface area contributed by atoms with Crippen LogP contribution in [0.2, 0.25) is 0 Å². The first-order valence-corrected chi connectivity index (χ1v) is 6.14. The van der Waals surface area contributed by atoms with Gasteiger partial charge in [0, 0.05) is 0 Å². The van der Waals surface area contributed by atoms with Crippen molar-refractivity contribution in [2.75, 3.05) is 0 Å². The zero-order valence-corrected chi connectivity index (χ0v) is 10.6. The Morgan fingerprint density at radius 2 is 2.00 bits per heavy atom. The van der Waals surface area contributed by atoms with E-state index in [1.54, 1.807) is 0 Å². The fourth-order valence-electron chi connectivity index (χ4n) is 1.81. The van der Waals surface area contributed by atoms with E-state index in [1.165, 1.54) is 24.0 Å². The molecule has 0 heterocycles. The molecule has 0 saturated heterocycles. The summed E-state index contributed by atoms with van der Waals surface area (Å²) in [7, 11) is 3.16. The van der Waals surface area contributed by atoms with Crippen LogP contribution in [0, 0.1) is 0 Å². The van der Waals surface area contributed by atoms with E-state index >= 15 is 0 Å². The van der Waals surface area contributed by atoms with Gasteiger partial charge in [-0.1, -0.05) is 44.5 Å². The molecule has 0 amide bonds. The van der Waals surface area contributed by atoms with Gasteiger partial charge in [-0.15, -0.1) is 0 Å². The summed E-state index contributed by atoms with van der Waals surface area (Å²) in [5, 5.41) is 0. The van der Waals surface area contributed by atoms with Gasteiger partial charge in [-0.2, -0.15) is 0 Å². The number of hydrogen-bond donors (Lipinski definition) is 0. The van der Waals surface area contributed by atoms with Crippen molar-refractivity contribution in [1.29, 1.82) is 0 Å². The predicted molar refractivity (Wildman–Crippen MR) is 64.9 cm³/mol. The molecule has 0 fully saturated rings. The topological polar surface area (TPSA) is 9.23 Å². The Hall–Kier alpha value is -0.603. The molecule has 0 spiro atoms. The third-order valence-electron chi connectivity index (χ3n) is 2.71. The second-order valence-corrected chi connectivity index (χ2v) is 4.05. The molecule has 1 unspecified atom stereocenters. The van der Waals surface area contributed by atoms with E-state index in [4.69, 9.17) is 4.43 Å². The minimum Gasteiger partial charge on any atom is -0.412 e. The van der Waals surface area contributed by atoms with Crippen molar-refractivity contribution >= 4 is 10.5 Å². The molecule has 1 atom stereocenters. The van der Waals surface area contributed by atoms with E-state index in [9.17, 15) is 0 Å². The molecule has 1 rings (SSSR count). The summed E-state index contributed by atoms with van der Waals surface area (Å²) < 4.78 is 5.31.